The van der Waals surface area contributed by atoms with Crippen LogP contribution in [0, 0.1) is 0 Å². The molecular weight excluding hydrogens is 246 g/mol. The van der Waals surface area contributed by atoms with Gasteiger partial charge in [-0.15, -0.1) is 0 Å². The summed E-state index contributed by atoms with van der Waals surface area (Å²) in [4.78, 5) is 2.54. The SMILES string of the molecule is CC(O)CC1CCCN1Cc1cccc2ccccc12. The summed E-state index contributed by atoms with van der Waals surface area (Å²) >= 11 is 0. The van der Waals surface area contributed by atoms with Gasteiger partial charge in [0, 0.05) is 12.6 Å². The number of nitrogens with zero attached hydrogens (tertiary/aromatic N) is 1. The van der Waals surface area contributed by atoms with Crippen LogP contribution >= 0.6 is 0 Å². The van der Waals surface area contributed by atoms with Crippen LogP contribution in [0.5, 0.6) is 0 Å². The average Bonchev–Trinajstić information content (AvgIpc) is 2.86. The van der Waals surface area contributed by atoms with Crippen LogP contribution in [0.4, 0.5) is 0 Å². The number of likely N-dealkylation sites (tertiary alicyclic amines) is 1. The van der Waals surface area contributed by atoms with Crippen LogP contribution in [-0.4, -0.2) is 28.7 Å². The molecule has 2 unspecified atom stereocenters. The Bertz CT molecular complexity index is 573. The van der Waals surface area contributed by atoms with Crippen molar-refractivity contribution in [3.63, 3.8) is 0 Å². The van der Waals surface area contributed by atoms with Gasteiger partial charge in [0.05, 0.1) is 6.10 Å². The Hall–Kier alpha value is -1.38. The van der Waals surface area contributed by atoms with Crippen molar-refractivity contribution in [2.45, 2.75) is 44.9 Å². The van der Waals surface area contributed by atoms with Crippen molar-refractivity contribution >= 4 is 10.8 Å². The van der Waals surface area contributed by atoms with Crippen molar-refractivity contribution in [3.8, 4) is 0 Å². The summed E-state index contributed by atoms with van der Waals surface area (Å²) < 4.78 is 0. The van der Waals surface area contributed by atoms with E-state index in [1.54, 1.807) is 0 Å². The molecule has 0 bridgehead atoms. The number of hydrogen-bond acceptors (Lipinski definition) is 2. The molecule has 2 nitrogen and oxygen atoms in total. The largest absolute Gasteiger partial charge is 0.393 e. The topological polar surface area (TPSA) is 23.5 Å². The summed E-state index contributed by atoms with van der Waals surface area (Å²) in [6.07, 6.45) is 3.16. The van der Waals surface area contributed by atoms with Crippen molar-refractivity contribution < 1.29 is 5.11 Å². The first-order valence-electron chi connectivity index (χ1n) is 7.63. The lowest BCUT2D eigenvalue weighted by atomic mass is 10.0. The standard InChI is InChI=1S/C18H23NO/c1-14(20)12-17-9-5-11-19(17)13-16-8-4-7-15-6-2-3-10-18(15)16/h2-4,6-8,10,14,17,20H,5,9,11-13H2,1H3. The summed E-state index contributed by atoms with van der Waals surface area (Å²) in [5.41, 5.74) is 1.40. The smallest absolute Gasteiger partial charge is 0.0527 e. The minimum Gasteiger partial charge on any atom is -0.393 e. The van der Waals surface area contributed by atoms with E-state index in [4.69, 9.17) is 0 Å². The van der Waals surface area contributed by atoms with E-state index >= 15 is 0 Å². The van der Waals surface area contributed by atoms with Crippen molar-refractivity contribution in [2.75, 3.05) is 6.54 Å². The third-order valence-corrected chi connectivity index (χ3v) is 4.37. The molecule has 0 radical (unpaired) electrons. The normalized spacial score (nSPS) is 21.4. The minimum absolute atomic E-state index is 0.201. The van der Waals surface area contributed by atoms with E-state index in [0.29, 0.717) is 6.04 Å². The van der Waals surface area contributed by atoms with E-state index in [0.717, 1.165) is 19.5 Å². The Kier molecular flexibility index (Phi) is 4.04. The Labute approximate surface area is 121 Å². The molecule has 0 aliphatic carbocycles. The molecule has 2 heteroatoms. The molecule has 0 aromatic heterocycles. The maximum Gasteiger partial charge on any atom is 0.0527 e. The monoisotopic (exact) mass is 269 g/mol. The molecule has 3 rings (SSSR count). The van der Waals surface area contributed by atoms with Gasteiger partial charge in [0.1, 0.15) is 0 Å². The molecule has 1 saturated heterocycles. The summed E-state index contributed by atoms with van der Waals surface area (Å²) in [7, 11) is 0. The second-order valence-corrected chi connectivity index (χ2v) is 5.99. The first-order valence-corrected chi connectivity index (χ1v) is 7.63. The molecule has 0 amide bonds. The Morgan fingerprint density at radius 2 is 2.00 bits per heavy atom. The number of benzene rings is 2. The van der Waals surface area contributed by atoms with E-state index in [9.17, 15) is 5.11 Å². The zero-order valence-corrected chi connectivity index (χ0v) is 12.1. The van der Waals surface area contributed by atoms with E-state index < -0.39 is 0 Å². The maximum atomic E-state index is 9.64. The van der Waals surface area contributed by atoms with E-state index in [1.165, 1.54) is 29.2 Å². The molecule has 1 aliphatic heterocycles. The number of hydrogen-bond donors (Lipinski definition) is 1. The zero-order chi connectivity index (χ0) is 13.9. The van der Waals surface area contributed by atoms with Gasteiger partial charge in [0.25, 0.3) is 0 Å². The van der Waals surface area contributed by atoms with Gasteiger partial charge in [-0.1, -0.05) is 42.5 Å². The molecule has 2 atom stereocenters. The van der Waals surface area contributed by atoms with Gasteiger partial charge in [-0.2, -0.15) is 0 Å². The third-order valence-electron chi connectivity index (χ3n) is 4.37. The molecule has 1 heterocycles. The van der Waals surface area contributed by atoms with Crippen molar-refractivity contribution in [2.24, 2.45) is 0 Å². The summed E-state index contributed by atoms with van der Waals surface area (Å²) in [6.45, 7) is 4.05. The van der Waals surface area contributed by atoms with E-state index in [-0.39, 0.29) is 6.10 Å². The molecule has 0 saturated carbocycles. The highest BCUT2D eigenvalue weighted by atomic mass is 16.3. The van der Waals surface area contributed by atoms with Crippen LogP contribution in [0.3, 0.4) is 0 Å². The molecule has 1 fully saturated rings. The number of aliphatic hydroxyl groups is 1. The number of aliphatic hydroxyl groups excluding tert-OH is 1. The van der Waals surface area contributed by atoms with Crippen LogP contribution in [0.2, 0.25) is 0 Å². The highest BCUT2D eigenvalue weighted by Gasteiger charge is 2.25. The van der Waals surface area contributed by atoms with Crippen LogP contribution in [0.1, 0.15) is 31.7 Å². The first kappa shape index (κ1) is 13.6. The van der Waals surface area contributed by atoms with Crippen molar-refractivity contribution in [1.82, 2.24) is 4.90 Å². The van der Waals surface area contributed by atoms with Gasteiger partial charge in [-0.25, -0.2) is 0 Å². The Morgan fingerprint density at radius 3 is 2.85 bits per heavy atom. The lowest BCUT2D eigenvalue weighted by Crippen LogP contribution is -2.31. The molecule has 1 aliphatic rings. The van der Waals surface area contributed by atoms with Gasteiger partial charge >= 0.3 is 0 Å². The Morgan fingerprint density at radius 1 is 1.20 bits per heavy atom. The molecule has 1 N–H and O–H groups in total. The van der Waals surface area contributed by atoms with Crippen LogP contribution in [0.25, 0.3) is 10.8 Å². The fourth-order valence-electron chi connectivity index (χ4n) is 3.41. The zero-order valence-electron chi connectivity index (χ0n) is 12.1. The van der Waals surface area contributed by atoms with Crippen LogP contribution < -0.4 is 0 Å². The van der Waals surface area contributed by atoms with Crippen LogP contribution in [0.15, 0.2) is 42.5 Å². The molecule has 2 aromatic carbocycles. The molecule has 0 spiro atoms. The van der Waals surface area contributed by atoms with Crippen LogP contribution in [-0.2, 0) is 6.54 Å². The second-order valence-electron chi connectivity index (χ2n) is 5.99. The van der Waals surface area contributed by atoms with Gasteiger partial charge in [0.15, 0.2) is 0 Å². The fourth-order valence-corrected chi connectivity index (χ4v) is 3.41. The molecular formula is C18H23NO. The van der Waals surface area contributed by atoms with E-state index in [1.807, 2.05) is 6.92 Å². The van der Waals surface area contributed by atoms with Gasteiger partial charge in [0.2, 0.25) is 0 Å². The minimum atomic E-state index is -0.201. The summed E-state index contributed by atoms with van der Waals surface area (Å²) in [5.74, 6) is 0. The quantitative estimate of drug-likeness (QED) is 0.917. The Balaban J connectivity index is 1.82. The first-order chi connectivity index (χ1) is 9.74. The lowest BCUT2D eigenvalue weighted by molar-refractivity contribution is 0.131. The highest BCUT2D eigenvalue weighted by molar-refractivity contribution is 5.85. The molecule has 106 valence electrons. The third kappa shape index (κ3) is 2.87. The van der Waals surface area contributed by atoms with Gasteiger partial charge < -0.3 is 5.11 Å². The van der Waals surface area contributed by atoms with Gasteiger partial charge in [-0.3, -0.25) is 4.90 Å². The fraction of sp³-hybridized carbons (Fsp3) is 0.444. The van der Waals surface area contributed by atoms with Crippen molar-refractivity contribution in [1.29, 1.82) is 0 Å². The van der Waals surface area contributed by atoms with Gasteiger partial charge in [-0.05, 0) is 49.1 Å². The second kappa shape index (κ2) is 5.94. The predicted molar refractivity (Wildman–Crippen MR) is 83.7 cm³/mol. The predicted octanol–water partition coefficient (Wildman–Crippen LogP) is 3.58. The average molecular weight is 269 g/mol. The lowest BCUT2D eigenvalue weighted by Gasteiger charge is -2.26. The summed E-state index contributed by atoms with van der Waals surface area (Å²) in [6, 6.07) is 15.7. The van der Waals surface area contributed by atoms with E-state index in [2.05, 4.69) is 47.4 Å². The van der Waals surface area contributed by atoms with Crippen molar-refractivity contribution in [3.05, 3.63) is 48.0 Å². The highest BCUT2D eigenvalue weighted by Crippen LogP contribution is 2.26. The number of rotatable bonds is 4. The summed E-state index contributed by atoms with van der Waals surface area (Å²) in [5, 5.41) is 12.3. The molecule has 2 aromatic rings. The maximum absolute atomic E-state index is 9.64. The number of fused-ring (bicyclic) bond motifs is 1. The molecule has 20 heavy (non-hydrogen) atoms.